The zero-order valence-corrected chi connectivity index (χ0v) is 18.8. The Balaban J connectivity index is 1.71. The SMILES string of the molecule is CCCCCCCC(=O)N1CC(C)(CCc2ccc(C)cc2)c2cc(C)ccc21. The Labute approximate surface area is 177 Å². The lowest BCUT2D eigenvalue weighted by Crippen LogP contribution is -2.35. The zero-order valence-electron chi connectivity index (χ0n) is 18.8. The van der Waals surface area contributed by atoms with Gasteiger partial charge in [0.15, 0.2) is 0 Å². The number of benzene rings is 2. The first kappa shape index (κ1) is 21.6. The van der Waals surface area contributed by atoms with Crippen molar-refractivity contribution in [1.82, 2.24) is 0 Å². The summed E-state index contributed by atoms with van der Waals surface area (Å²) in [6, 6.07) is 15.5. The fraction of sp³-hybridized carbons (Fsp3) is 0.519. The van der Waals surface area contributed by atoms with Gasteiger partial charge in [0.05, 0.1) is 0 Å². The second-order valence-corrected chi connectivity index (χ2v) is 9.21. The maximum Gasteiger partial charge on any atom is 0.227 e. The molecule has 0 aromatic heterocycles. The van der Waals surface area contributed by atoms with Crippen LogP contribution in [0, 0.1) is 13.8 Å². The summed E-state index contributed by atoms with van der Waals surface area (Å²) in [6.45, 7) is 9.66. The highest BCUT2D eigenvalue weighted by atomic mass is 16.2. The molecule has 156 valence electrons. The summed E-state index contributed by atoms with van der Waals surface area (Å²) in [7, 11) is 0. The van der Waals surface area contributed by atoms with Crippen molar-refractivity contribution in [2.24, 2.45) is 0 Å². The van der Waals surface area contributed by atoms with Gasteiger partial charge in [-0.3, -0.25) is 4.79 Å². The van der Waals surface area contributed by atoms with Crippen molar-refractivity contribution < 1.29 is 4.79 Å². The van der Waals surface area contributed by atoms with E-state index in [1.807, 2.05) is 0 Å². The number of nitrogens with zero attached hydrogens (tertiary/aromatic N) is 1. The summed E-state index contributed by atoms with van der Waals surface area (Å²) in [5.41, 5.74) is 6.47. The number of fused-ring (bicyclic) bond motifs is 1. The van der Waals surface area contributed by atoms with Crippen LogP contribution in [0.3, 0.4) is 0 Å². The lowest BCUT2D eigenvalue weighted by atomic mass is 9.79. The molecule has 2 heteroatoms. The Morgan fingerprint density at radius 3 is 2.38 bits per heavy atom. The minimum Gasteiger partial charge on any atom is -0.311 e. The summed E-state index contributed by atoms with van der Waals surface area (Å²) in [5, 5.41) is 0. The molecule has 2 aromatic rings. The number of amides is 1. The van der Waals surface area contributed by atoms with Gasteiger partial charge in [-0.1, -0.05) is 87.1 Å². The number of unbranched alkanes of at least 4 members (excludes halogenated alkanes) is 4. The standard InChI is InChI=1S/C27H37NO/c1-5-6-7-8-9-10-26(29)28-20-27(4,24-19-22(3)13-16-25(24)28)18-17-23-14-11-21(2)12-15-23/h11-16,19H,5-10,17-18,20H2,1-4H3. The largest absolute Gasteiger partial charge is 0.311 e. The number of carbonyl (C=O) groups is 1. The Morgan fingerprint density at radius 1 is 0.966 bits per heavy atom. The van der Waals surface area contributed by atoms with E-state index in [-0.39, 0.29) is 5.41 Å². The molecule has 2 nitrogen and oxygen atoms in total. The van der Waals surface area contributed by atoms with Gasteiger partial charge in [0.2, 0.25) is 5.91 Å². The first-order valence-electron chi connectivity index (χ1n) is 11.4. The van der Waals surface area contributed by atoms with E-state index < -0.39 is 0 Å². The second kappa shape index (κ2) is 9.61. The van der Waals surface area contributed by atoms with Crippen LogP contribution in [0.15, 0.2) is 42.5 Å². The number of anilines is 1. The van der Waals surface area contributed by atoms with Crippen LogP contribution >= 0.6 is 0 Å². The van der Waals surface area contributed by atoms with Crippen molar-refractivity contribution in [1.29, 1.82) is 0 Å². The highest BCUT2D eigenvalue weighted by Crippen LogP contribution is 2.44. The number of carbonyl (C=O) groups excluding carboxylic acids is 1. The lowest BCUT2D eigenvalue weighted by molar-refractivity contribution is -0.118. The van der Waals surface area contributed by atoms with Gasteiger partial charge in [-0.15, -0.1) is 0 Å². The fourth-order valence-electron chi connectivity index (χ4n) is 4.51. The maximum atomic E-state index is 13.1. The average molecular weight is 392 g/mol. The Kier molecular flexibility index (Phi) is 7.16. The van der Waals surface area contributed by atoms with E-state index in [1.165, 1.54) is 47.9 Å². The molecule has 1 aliphatic rings. The third kappa shape index (κ3) is 5.29. The average Bonchev–Trinajstić information content (AvgIpc) is 3.00. The molecule has 1 unspecified atom stereocenters. The number of hydrogen-bond acceptors (Lipinski definition) is 1. The summed E-state index contributed by atoms with van der Waals surface area (Å²) >= 11 is 0. The first-order chi connectivity index (χ1) is 13.9. The minimum atomic E-state index is 0.0180. The third-order valence-corrected chi connectivity index (χ3v) is 6.48. The van der Waals surface area contributed by atoms with Gasteiger partial charge in [0.1, 0.15) is 0 Å². The van der Waals surface area contributed by atoms with E-state index in [2.05, 4.69) is 75.1 Å². The quantitative estimate of drug-likeness (QED) is 0.426. The van der Waals surface area contributed by atoms with Crippen LogP contribution in [-0.2, 0) is 16.6 Å². The van der Waals surface area contributed by atoms with Gasteiger partial charge in [-0.05, 0) is 50.3 Å². The molecule has 0 fully saturated rings. The fourth-order valence-corrected chi connectivity index (χ4v) is 4.51. The molecule has 1 amide bonds. The minimum absolute atomic E-state index is 0.0180. The monoisotopic (exact) mass is 391 g/mol. The molecule has 2 aromatic carbocycles. The van der Waals surface area contributed by atoms with E-state index in [0.29, 0.717) is 12.3 Å². The van der Waals surface area contributed by atoms with Crippen LogP contribution in [0.1, 0.15) is 81.0 Å². The molecule has 0 bridgehead atoms. The van der Waals surface area contributed by atoms with Crippen molar-refractivity contribution in [3.8, 4) is 0 Å². The Morgan fingerprint density at radius 2 is 1.66 bits per heavy atom. The molecule has 0 aliphatic carbocycles. The number of aryl methyl sites for hydroxylation is 3. The number of rotatable bonds is 9. The van der Waals surface area contributed by atoms with Gasteiger partial charge < -0.3 is 4.90 Å². The van der Waals surface area contributed by atoms with Crippen molar-refractivity contribution in [3.05, 3.63) is 64.7 Å². The van der Waals surface area contributed by atoms with Crippen molar-refractivity contribution in [3.63, 3.8) is 0 Å². The predicted molar refractivity (Wildman–Crippen MR) is 124 cm³/mol. The highest BCUT2D eigenvalue weighted by Gasteiger charge is 2.40. The van der Waals surface area contributed by atoms with Gasteiger partial charge in [-0.25, -0.2) is 0 Å². The van der Waals surface area contributed by atoms with Crippen molar-refractivity contribution in [2.75, 3.05) is 11.4 Å². The smallest absolute Gasteiger partial charge is 0.227 e. The van der Waals surface area contributed by atoms with Crippen molar-refractivity contribution in [2.45, 2.75) is 84.5 Å². The van der Waals surface area contributed by atoms with Gasteiger partial charge in [0, 0.05) is 24.1 Å². The number of hydrogen-bond donors (Lipinski definition) is 0. The van der Waals surface area contributed by atoms with Gasteiger partial charge in [0.25, 0.3) is 0 Å². The molecular formula is C27H37NO. The van der Waals surface area contributed by atoms with Crippen LogP contribution in [-0.4, -0.2) is 12.5 Å². The van der Waals surface area contributed by atoms with Crippen LogP contribution in [0.4, 0.5) is 5.69 Å². The molecule has 3 rings (SSSR count). The van der Waals surface area contributed by atoms with Crippen LogP contribution in [0.25, 0.3) is 0 Å². The highest BCUT2D eigenvalue weighted by molar-refractivity contribution is 5.96. The summed E-state index contributed by atoms with van der Waals surface area (Å²) < 4.78 is 0. The Bertz CT molecular complexity index is 823. The lowest BCUT2D eigenvalue weighted by Gasteiger charge is -2.26. The molecule has 0 saturated carbocycles. The van der Waals surface area contributed by atoms with Gasteiger partial charge in [-0.2, -0.15) is 0 Å². The predicted octanol–water partition coefficient (Wildman–Crippen LogP) is 6.90. The molecular weight excluding hydrogens is 354 g/mol. The molecule has 1 atom stereocenters. The van der Waals surface area contributed by atoms with Crippen LogP contribution < -0.4 is 4.90 Å². The van der Waals surface area contributed by atoms with E-state index in [0.717, 1.165) is 31.5 Å². The van der Waals surface area contributed by atoms with Gasteiger partial charge >= 0.3 is 0 Å². The zero-order chi connectivity index (χ0) is 20.9. The van der Waals surface area contributed by atoms with Crippen LogP contribution in [0.2, 0.25) is 0 Å². The second-order valence-electron chi connectivity index (χ2n) is 9.21. The normalized spacial score (nSPS) is 18.1. The molecule has 0 saturated heterocycles. The maximum absolute atomic E-state index is 13.1. The molecule has 0 spiro atoms. The molecule has 1 aliphatic heterocycles. The topological polar surface area (TPSA) is 20.3 Å². The molecule has 0 N–H and O–H groups in total. The van der Waals surface area contributed by atoms with E-state index in [1.54, 1.807) is 0 Å². The van der Waals surface area contributed by atoms with E-state index >= 15 is 0 Å². The summed E-state index contributed by atoms with van der Waals surface area (Å²) in [5.74, 6) is 0.297. The summed E-state index contributed by atoms with van der Waals surface area (Å²) in [4.78, 5) is 15.1. The van der Waals surface area contributed by atoms with Crippen molar-refractivity contribution >= 4 is 11.6 Å². The molecule has 29 heavy (non-hydrogen) atoms. The first-order valence-corrected chi connectivity index (χ1v) is 11.4. The molecule has 1 heterocycles. The molecule has 0 radical (unpaired) electrons. The summed E-state index contributed by atoms with van der Waals surface area (Å²) in [6.07, 6.45) is 8.72. The van der Waals surface area contributed by atoms with E-state index in [4.69, 9.17) is 0 Å². The Hall–Kier alpha value is -2.09. The van der Waals surface area contributed by atoms with Crippen LogP contribution in [0.5, 0.6) is 0 Å². The van der Waals surface area contributed by atoms with E-state index in [9.17, 15) is 4.79 Å². The third-order valence-electron chi connectivity index (χ3n) is 6.48.